The molecule has 0 aromatic rings. The van der Waals surface area contributed by atoms with Crippen molar-refractivity contribution in [1.82, 2.24) is 4.90 Å². The molecule has 0 radical (unpaired) electrons. The van der Waals surface area contributed by atoms with Gasteiger partial charge in [-0.05, 0) is 19.4 Å². The summed E-state index contributed by atoms with van der Waals surface area (Å²) in [5.41, 5.74) is 0. The Kier molecular flexibility index (Phi) is 7.28. The summed E-state index contributed by atoms with van der Waals surface area (Å²) >= 11 is 0. The third-order valence-corrected chi connectivity index (χ3v) is 2.48. The first kappa shape index (κ1) is 16.3. The Hall–Kier alpha value is -0.702. The van der Waals surface area contributed by atoms with Gasteiger partial charge in [0.15, 0.2) is 0 Å². The monoisotopic (exact) mass is 410 g/mol. The minimum absolute atomic E-state index is 0. The summed E-state index contributed by atoms with van der Waals surface area (Å²) in [5.74, 6) is -1.56. The first-order valence-electron chi connectivity index (χ1n) is 5.34. The van der Waals surface area contributed by atoms with Crippen molar-refractivity contribution >= 4 is 17.7 Å². The van der Waals surface area contributed by atoms with Crippen LogP contribution in [0.5, 0.6) is 0 Å². The zero-order valence-electron chi connectivity index (χ0n) is 9.97. The zero-order chi connectivity index (χ0) is 12.1. The second-order valence-corrected chi connectivity index (χ2v) is 3.75. The van der Waals surface area contributed by atoms with Gasteiger partial charge >= 0.3 is 27.0 Å². The van der Waals surface area contributed by atoms with Gasteiger partial charge < -0.3 is 9.64 Å². The maximum atomic E-state index is 11.6. The van der Waals surface area contributed by atoms with Gasteiger partial charge in [0.25, 0.3) is 5.91 Å². The van der Waals surface area contributed by atoms with Crippen molar-refractivity contribution in [2.24, 2.45) is 0 Å². The van der Waals surface area contributed by atoms with Crippen LogP contribution < -0.4 is 0 Å². The molecule has 17 heavy (non-hydrogen) atoms. The maximum Gasteiger partial charge on any atom is 2.00 e. The first-order valence-corrected chi connectivity index (χ1v) is 5.34. The van der Waals surface area contributed by atoms with E-state index in [4.69, 9.17) is 4.74 Å². The van der Waals surface area contributed by atoms with Crippen LogP contribution in [0.3, 0.4) is 0 Å². The third kappa shape index (κ3) is 4.23. The van der Waals surface area contributed by atoms with Crippen LogP contribution in [0.15, 0.2) is 0 Å². The van der Waals surface area contributed by atoms with E-state index in [0.29, 0.717) is 13.0 Å². The molecule has 6 heteroatoms. The molecule has 0 aliphatic carbocycles. The quantitative estimate of drug-likeness (QED) is 0.381. The molecule has 1 aliphatic heterocycles. The van der Waals surface area contributed by atoms with Gasteiger partial charge in [0.2, 0.25) is 5.78 Å². The number of carbonyl (C=O) groups is 3. The number of rotatable bonds is 4. The molecule has 1 heterocycles. The van der Waals surface area contributed by atoms with E-state index in [9.17, 15) is 14.4 Å². The molecular weight excluding hydrogens is 394 g/mol. The van der Waals surface area contributed by atoms with Crippen LogP contribution in [0.2, 0.25) is 0 Å². The van der Waals surface area contributed by atoms with Crippen molar-refractivity contribution in [2.75, 3.05) is 13.2 Å². The Morgan fingerprint density at radius 2 is 2.06 bits per heavy atom. The van der Waals surface area contributed by atoms with Crippen LogP contribution in [0.1, 0.15) is 26.7 Å². The fourth-order valence-corrected chi connectivity index (χ4v) is 1.72. The molecule has 1 rings (SSSR count). The van der Waals surface area contributed by atoms with Gasteiger partial charge in [-0.1, -0.05) is 0 Å². The van der Waals surface area contributed by atoms with E-state index in [1.807, 2.05) is 0 Å². The standard InChI is InChI=1S/C11H16NO4.W/c1-3-7-16-11(15)9-5-4-6-12(9)10(14)8(2)13;/h3,9H,4-7H2,1-2H3;/q-1;+2. The van der Waals surface area contributed by atoms with Crippen molar-refractivity contribution < 1.29 is 40.2 Å². The average molecular weight is 410 g/mol. The Balaban J connectivity index is 0.00000256. The third-order valence-electron chi connectivity index (χ3n) is 2.48. The van der Waals surface area contributed by atoms with Gasteiger partial charge in [-0.2, -0.15) is 6.92 Å². The molecule has 0 N–H and O–H groups in total. The fraction of sp³-hybridized carbons (Fsp3) is 0.636. The van der Waals surface area contributed by atoms with E-state index in [-0.39, 0.29) is 27.7 Å². The summed E-state index contributed by atoms with van der Waals surface area (Å²) in [6.45, 7) is 3.68. The molecule has 0 spiro atoms. The molecule has 0 aromatic heterocycles. The van der Waals surface area contributed by atoms with Crippen molar-refractivity contribution in [1.29, 1.82) is 0 Å². The van der Waals surface area contributed by atoms with Crippen LogP contribution in [0, 0.1) is 6.42 Å². The molecule has 0 saturated carbocycles. The van der Waals surface area contributed by atoms with Gasteiger partial charge in [-0.3, -0.25) is 16.0 Å². The van der Waals surface area contributed by atoms with Crippen LogP contribution >= 0.6 is 0 Å². The molecule has 94 valence electrons. The number of hydrogen-bond acceptors (Lipinski definition) is 4. The number of nitrogens with zero attached hydrogens (tertiary/aromatic N) is 1. The van der Waals surface area contributed by atoms with Crippen molar-refractivity contribution in [3.63, 3.8) is 0 Å². The molecule has 0 aromatic carbocycles. The Bertz CT molecular complexity index is 306. The number of ether oxygens (including phenoxy) is 1. The van der Waals surface area contributed by atoms with Gasteiger partial charge in [0.1, 0.15) is 6.04 Å². The molecule has 5 nitrogen and oxygen atoms in total. The number of likely N-dealkylation sites (tertiary alicyclic amines) is 1. The maximum absolute atomic E-state index is 11.6. The topological polar surface area (TPSA) is 63.7 Å². The van der Waals surface area contributed by atoms with E-state index >= 15 is 0 Å². The molecular formula is C11H16NO4W+. The Morgan fingerprint density at radius 3 is 2.59 bits per heavy atom. The molecule has 1 aliphatic rings. The minimum atomic E-state index is -0.597. The second kappa shape index (κ2) is 7.59. The molecule has 1 fully saturated rings. The number of Topliss-reactive ketones (excluding diaryl/α,β-unsaturated/α-hetero) is 1. The summed E-state index contributed by atoms with van der Waals surface area (Å²) in [7, 11) is 0. The average Bonchev–Trinajstić information content (AvgIpc) is 2.73. The van der Waals surface area contributed by atoms with Gasteiger partial charge in [-0.25, -0.2) is 4.79 Å². The SMILES string of the molecule is C[CH-]COC(=O)C1CCCN1C(=O)C(C)=O.[W+2]. The van der Waals surface area contributed by atoms with Crippen molar-refractivity contribution in [3.05, 3.63) is 6.42 Å². The smallest absolute Gasteiger partial charge is 0.497 e. The molecule has 1 amide bonds. The van der Waals surface area contributed by atoms with E-state index < -0.39 is 23.7 Å². The van der Waals surface area contributed by atoms with E-state index in [1.54, 1.807) is 13.3 Å². The summed E-state index contributed by atoms with van der Waals surface area (Å²) < 4.78 is 4.94. The van der Waals surface area contributed by atoms with Crippen molar-refractivity contribution in [2.45, 2.75) is 32.7 Å². The molecule has 1 unspecified atom stereocenters. The van der Waals surface area contributed by atoms with E-state index in [2.05, 4.69) is 0 Å². The van der Waals surface area contributed by atoms with Crippen LogP contribution in [0.4, 0.5) is 0 Å². The number of hydrogen-bond donors (Lipinski definition) is 0. The van der Waals surface area contributed by atoms with Crippen LogP contribution in [-0.4, -0.2) is 41.8 Å². The molecule has 0 bridgehead atoms. The van der Waals surface area contributed by atoms with Crippen molar-refractivity contribution in [3.8, 4) is 0 Å². The first-order chi connectivity index (χ1) is 7.57. The fourth-order valence-electron chi connectivity index (χ4n) is 1.72. The summed E-state index contributed by atoms with van der Waals surface area (Å²) in [4.78, 5) is 35.4. The van der Waals surface area contributed by atoms with E-state index in [1.165, 1.54) is 11.8 Å². The predicted octanol–water partition coefficient (Wildman–Crippen LogP) is 0.331. The Morgan fingerprint density at radius 1 is 1.41 bits per heavy atom. The number of esters is 1. The summed E-state index contributed by atoms with van der Waals surface area (Å²) in [6, 6.07) is -0.587. The predicted molar refractivity (Wildman–Crippen MR) is 56.3 cm³/mol. The van der Waals surface area contributed by atoms with E-state index in [0.717, 1.165) is 6.42 Å². The summed E-state index contributed by atoms with van der Waals surface area (Å²) in [6.07, 6.45) is 3.01. The number of ketones is 1. The summed E-state index contributed by atoms with van der Waals surface area (Å²) in [5, 5.41) is 0. The van der Waals surface area contributed by atoms with Gasteiger partial charge in [0, 0.05) is 13.5 Å². The van der Waals surface area contributed by atoms with Crippen LogP contribution in [0.25, 0.3) is 0 Å². The Labute approximate surface area is 115 Å². The van der Waals surface area contributed by atoms with Gasteiger partial charge in [0.05, 0.1) is 0 Å². The number of carbonyl (C=O) groups excluding carboxylic acids is 3. The normalized spacial score (nSPS) is 18.5. The zero-order valence-corrected chi connectivity index (χ0v) is 12.9. The number of amides is 1. The van der Waals surface area contributed by atoms with Crippen LogP contribution in [-0.2, 0) is 40.2 Å². The molecule has 1 saturated heterocycles. The minimum Gasteiger partial charge on any atom is -0.497 e. The molecule has 1 atom stereocenters. The largest absolute Gasteiger partial charge is 2.00 e. The van der Waals surface area contributed by atoms with Gasteiger partial charge in [-0.15, -0.1) is 0 Å². The second-order valence-electron chi connectivity index (χ2n) is 3.75.